The summed E-state index contributed by atoms with van der Waals surface area (Å²) in [4.78, 5) is 21.5. The van der Waals surface area contributed by atoms with Gasteiger partial charge in [-0.2, -0.15) is 0 Å². The Morgan fingerprint density at radius 1 is 1.36 bits per heavy atom. The van der Waals surface area contributed by atoms with Gasteiger partial charge in [-0.1, -0.05) is 28.9 Å². The van der Waals surface area contributed by atoms with Gasteiger partial charge >= 0.3 is 0 Å². The average Bonchev–Trinajstić information content (AvgIpc) is 3.01. The van der Waals surface area contributed by atoms with Crippen molar-refractivity contribution in [2.75, 3.05) is 12.3 Å². The number of thiophene rings is 1. The Labute approximate surface area is 152 Å². The molecule has 4 N–H and O–H groups in total. The van der Waals surface area contributed by atoms with Crippen LogP contribution < -0.4 is 11.1 Å². The van der Waals surface area contributed by atoms with Crippen molar-refractivity contribution in [1.82, 2.24) is 15.3 Å². The van der Waals surface area contributed by atoms with Crippen molar-refractivity contribution >= 4 is 50.7 Å². The predicted octanol–water partition coefficient (Wildman–Crippen LogP) is 2.90. The molecule has 0 radical (unpaired) electrons. The smallest absolute Gasteiger partial charge is 0.261 e. The molecule has 0 atom stereocenters. The third kappa shape index (κ3) is 3.40. The topological polar surface area (TPSA) is 113 Å². The number of fused-ring (bicyclic) bond motifs is 1. The number of amides is 1. The number of nitrogen functional groups attached to an aromatic ring is 1. The quantitative estimate of drug-likeness (QED) is 0.368. The summed E-state index contributed by atoms with van der Waals surface area (Å²) in [6.07, 6.45) is 0. The van der Waals surface area contributed by atoms with E-state index in [1.165, 1.54) is 11.3 Å². The Bertz CT molecular complexity index is 969. The Kier molecular flexibility index (Phi) is 4.82. The molecular weight excluding hydrogens is 362 g/mol. The summed E-state index contributed by atoms with van der Waals surface area (Å²) >= 11 is 7.10. The minimum atomic E-state index is -0.205. The number of nitrogens with zero attached hydrogens (tertiary/aromatic N) is 3. The first-order valence-electron chi connectivity index (χ1n) is 7.37. The van der Waals surface area contributed by atoms with Crippen LogP contribution in [0.1, 0.15) is 27.9 Å². The van der Waals surface area contributed by atoms with E-state index in [0.717, 1.165) is 0 Å². The lowest BCUT2D eigenvalue weighted by molar-refractivity contribution is 0.0960. The fraction of sp³-hybridized carbons (Fsp3) is 0.125. The number of nitrogens with two attached hydrogens (primary N) is 1. The second-order valence-electron chi connectivity index (χ2n) is 5.07. The molecule has 0 aliphatic carbocycles. The summed E-state index contributed by atoms with van der Waals surface area (Å²) in [7, 11) is 0. The molecule has 3 rings (SSSR count). The average molecular weight is 376 g/mol. The van der Waals surface area contributed by atoms with Crippen LogP contribution in [0.5, 0.6) is 0 Å². The summed E-state index contributed by atoms with van der Waals surface area (Å²) in [5, 5.41) is 16.8. The van der Waals surface area contributed by atoms with Crippen LogP contribution in [0, 0.1) is 0 Å². The number of anilines is 1. The molecule has 1 amide bonds. The number of hydrogen-bond donors (Lipinski definition) is 3. The highest BCUT2D eigenvalue weighted by atomic mass is 35.5. The first-order valence-corrected chi connectivity index (χ1v) is 8.56. The van der Waals surface area contributed by atoms with Gasteiger partial charge in [0.1, 0.15) is 16.2 Å². The van der Waals surface area contributed by atoms with Gasteiger partial charge in [0.25, 0.3) is 5.91 Å². The largest absolute Gasteiger partial charge is 0.410 e. The molecule has 128 valence electrons. The van der Waals surface area contributed by atoms with Gasteiger partial charge in [0.05, 0.1) is 4.88 Å². The number of oxime groups is 1. The normalized spacial score (nSPS) is 11.7. The van der Waals surface area contributed by atoms with Crippen LogP contribution in [0.25, 0.3) is 10.2 Å². The lowest BCUT2D eigenvalue weighted by Gasteiger charge is -2.06. The second-order valence-corrected chi connectivity index (χ2v) is 6.54. The summed E-state index contributed by atoms with van der Waals surface area (Å²) < 4.78 is 0. The first kappa shape index (κ1) is 17.1. The van der Waals surface area contributed by atoms with Crippen molar-refractivity contribution in [3.8, 4) is 0 Å². The third-order valence-corrected chi connectivity index (χ3v) is 4.69. The number of hydrogen-bond acceptors (Lipinski definition) is 7. The molecule has 0 aliphatic heterocycles. The van der Waals surface area contributed by atoms with E-state index in [1.807, 2.05) is 6.92 Å². The van der Waals surface area contributed by atoms with E-state index in [4.69, 9.17) is 17.3 Å². The zero-order valence-corrected chi connectivity index (χ0v) is 14.7. The maximum atomic E-state index is 12.1. The maximum Gasteiger partial charge on any atom is 0.261 e. The summed E-state index contributed by atoms with van der Waals surface area (Å²) in [5.41, 5.74) is 6.96. The molecule has 0 bridgehead atoms. The Morgan fingerprint density at radius 3 is 2.72 bits per heavy atom. The van der Waals surface area contributed by atoms with Crippen LogP contribution >= 0.6 is 22.9 Å². The van der Waals surface area contributed by atoms with Crippen molar-refractivity contribution in [3.05, 3.63) is 51.5 Å². The van der Waals surface area contributed by atoms with Crippen molar-refractivity contribution in [3.63, 3.8) is 0 Å². The third-order valence-electron chi connectivity index (χ3n) is 3.41. The van der Waals surface area contributed by atoms with Gasteiger partial charge < -0.3 is 16.3 Å². The molecule has 0 saturated carbocycles. The van der Waals surface area contributed by atoms with Crippen molar-refractivity contribution < 1.29 is 10.0 Å². The highest BCUT2D eigenvalue weighted by Crippen LogP contribution is 2.28. The SMILES string of the molecule is CCNC(=O)c1cc2c(/C(=N/O)c3ccc(Cl)cc3)nc(N)nc2s1. The fourth-order valence-electron chi connectivity index (χ4n) is 2.33. The minimum Gasteiger partial charge on any atom is -0.410 e. The van der Waals surface area contributed by atoms with Crippen molar-refractivity contribution in [2.45, 2.75) is 6.92 Å². The van der Waals surface area contributed by atoms with E-state index in [0.29, 0.717) is 37.9 Å². The van der Waals surface area contributed by atoms with E-state index >= 15 is 0 Å². The number of carbonyl (C=O) groups excluding carboxylic acids is 1. The molecule has 0 unspecified atom stereocenters. The number of halogens is 1. The Balaban J connectivity index is 2.17. The van der Waals surface area contributed by atoms with E-state index in [-0.39, 0.29) is 17.6 Å². The fourth-order valence-corrected chi connectivity index (χ4v) is 3.41. The summed E-state index contributed by atoms with van der Waals surface area (Å²) in [5.74, 6) is -0.175. The molecule has 2 aromatic heterocycles. The number of aromatic nitrogens is 2. The highest BCUT2D eigenvalue weighted by molar-refractivity contribution is 7.20. The van der Waals surface area contributed by atoms with E-state index in [2.05, 4.69) is 20.4 Å². The maximum absolute atomic E-state index is 12.1. The molecule has 0 fully saturated rings. The number of carbonyl (C=O) groups is 1. The van der Waals surface area contributed by atoms with Crippen LogP contribution in [0.4, 0.5) is 5.95 Å². The molecule has 3 aromatic rings. The monoisotopic (exact) mass is 375 g/mol. The second kappa shape index (κ2) is 7.04. The van der Waals surface area contributed by atoms with Gasteiger partial charge in [-0.3, -0.25) is 4.79 Å². The molecule has 1 aromatic carbocycles. The Hall–Kier alpha value is -2.71. The van der Waals surface area contributed by atoms with Gasteiger partial charge in [-0.15, -0.1) is 11.3 Å². The number of benzene rings is 1. The van der Waals surface area contributed by atoms with E-state index < -0.39 is 0 Å². The number of nitrogens with one attached hydrogen (secondary N) is 1. The molecule has 7 nitrogen and oxygen atoms in total. The molecule has 25 heavy (non-hydrogen) atoms. The summed E-state index contributed by atoms with van der Waals surface area (Å²) in [6.45, 7) is 2.35. The molecule has 0 saturated heterocycles. The predicted molar refractivity (Wildman–Crippen MR) is 98.7 cm³/mol. The van der Waals surface area contributed by atoms with Gasteiger partial charge in [0.2, 0.25) is 5.95 Å². The van der Waals surface area contributed by atoms with Crippen LogP contribution in [0.15, 0.2) is 35.5 Å². The zero-order chi connectivity index (χ0) is 18.0. The lowest BCUT2D eigenvalue weighted by atomic mass is 10.1. The van der Waals surface area contributed by atoms with Crippen LogP contribution in [0.2, 0.25) is 5.02 Å². The van der Waals surface area contributed by atoms with Crippen molar-refractivity contribution in [1.29, 1.82) is 0 Å². The first-order chi connectivity index (χ1) is 12.0. The highest BCUT2D eigenvalue weighted by Gasteiger charge is 2.19. The van der Waals surface area contributed by atoms with Gasteiger partial charge in [0.15, 0.2) is 0 Å². The number of rotatable bonds is 4. The Morgan fingerprint density at radius 2 is 2.08 bits per heavy atom. The lowest BCUT2D eigenvalue weighted by Crippen LogP contribution is -2.21. The molecule has 0 spiro atoms. The molecule has 9 heteroatoms. The van der Waals surface area contributed by atoms with Gasteiger partial charge in [-0.25, -0.2) is 9.97 Å². The zero-order valence-electron chi connectivity index (χ0n) is 13.2. The summed E-state index contributed by atoms with van der Waals surface area (Å²) in [6, 6.07) is 8.44. The van der Waals surface area contributed by atoms with Gasteiger partial charge in [0, 0.05) is 22.5 Å². The van der Waals surface area contributed by atoms with E-state index in [9.17, 15) is 10.0 Å². The molecular formula is C16H14ClN5O2S. The van der Waals surface area contributed by atoms with E-state index in [1.54, 1.807) is 30.3 Å². The van der Waals surface area contributed by atoms with Crippen molar-refractivity contribution in [2.24, 2.45) is 5.16 Å². The van der Waals surface area contributed by atoms with Crippen LogP contribution in [0.3, 0.4) is 0 Å². The van der Waals surface area contributed by atoms with Gasteiger partial charge in [-0.05, 0) is 25.1 Å². The minimum absolute atomic E-state index is 0.0295. The van der Waals surface area contributed by atoms with Crippen LogP contribution in [-0.4, -0.2) is 33.3 Å². The molecule has 0 aliphatic rings. The molecule has 2 heterocycles. The van der Waals surface area contributed by atoms with Crippen LogP contribution in [-0.2, 0) is 0 Å². The standard InChI is InChI=1S/C16H14ClN5O2S/c1-2-19-14(23)11-7-10-13(20-16(18)21-15(10)25-11)12(22-24)8-3-5-9(17)6-4-8/h3-7,24H,2H2,1H3,(H,19,23)(H2,18,20,21)/b22-12+.